The zero-order valence-electron chi connectivity index (χ0n) is 9.99. The number of carbonyl (C=O) groups is 1. The summed E-state index contributed by atoms with van der Waals surface area (Å²) in [6.07, 6.45) is 3.39. The van der Waals surface area contributed by atoms with E-state index >= 15 is 0 Å². The zero-order chi connectivity index (χ0) is 12.5. The molecule has 1 fully saturated rings. The zero-order valence-corrected chi connectivity index (χ0v) is 10.8. The lowest BCUT2D eigenvalue weighted by Gasteiger charge is -2.26. The number of piperidine rings is 1. The lowest BCUT2D eigenvalue weighted by atomic mass is 10.1. The highest BCUT2D eigenvalue weighted by molar-refractivity contribution is 7.20. The summed E-state index contributed by atoms with van der Waals surface area (Å²) < 4.78 is 14.1. The topological polar surface area (TPSA) is 20.3 Å². The summed E-state index contributed by atoms with van der Waals surface area (Å²) in [6.45, 7) is 1.70. The largest absolute Gasteiger partial charge is 0.338 e. The van der Waals surface area contributed by atoms with Crippen molar-refractivity contribution in [1.82, 2.24) is 4.90 Å². The van der Waals surface area contributed by atoms with Crippen molar-refractivity contribution in [3.63, 3.8) is 0 Å². The number of benzene rings is 1. The van der Waals surface area contributed by atoms with Crippen molar-refractivity contribution < 1.29 is 9.18 Å². The van der Waals surface area contributed by atoms with Crippen LogP contribution < -0.4 is 0 Å². The summed E-state index contributed by atoms with van der Waals surface area (Å²) >= 11 is 1.45. The van der Waals surface area contributed by atoms with Gasteiger partial charge in [-0.25, -0.2) is 4.39 Å². The standard InChI is InChI=1S/C14H14FNOS/c15-11-4-5-12-10(8-11)9-13(18-12)14(17)16-6-2-1-3-7-16/h4-5,8-9H,1-3,6-7H2. The SMILES string of the molecule is O=C(c1cc2cc(F)ccc2s1)N1CCCCC1. The first-order valence-corrected chi connectivity index (χ1v) is 7.04. The van der Waals surface area contributed by atoms with Crippen molar-refractivity contribution in [3.05, 3.63) is 35.0 Å². The van der Waals surface area contributed by atoms with E-state index in [0.29, 0.717) is 0 Å². The van der Waals surface area contributed by atoms with Crippen molar-refractivity contribution in [1.29, 1.82) is 0 Å². The molecule has 0 N–H and O–H groups in total. The van der Waals surface area contributed by atoms with Crippen LogP contribution in [-0.4, -0.2) is 23.9 Å². The molecule has 18 heavy (non-hydrogen) atoms. The van der Waals surface area contributed by atoms with Crippen molar-refractivity contribution in [3.8, 4) is 0 Å². The maximum absolute atomic E-state index is 13.1. The van der Waals surface area contributed by atoms with Gasteiger partial charge in [-0.15, -0.1) is 11.3 Å². The summed E-state index contributed by atoms with van der Waals surface area (Å²) in [5.41, 5.74) is 0. The average molecular weight is 263 g/mol. The van der Waals surface area contributed by atoms with Crippen molar-refractivity contribution in [2.24, 2.45) is 0 Å². The highest BCUT2D eigenvalue weighted by atomic mass is 32.1. The van der Waals surface area contributed by atoms with Crippen LogP contribution in [0.3, 0.4) is 0 Å². The van der Waals surface area contributed by atoms with Gasteiger partial charge in [0, 0.05) is 17.8 Å². The minimum Gasteiger partial charge on any atom is -0.338 e. The molecule has 2 nitrogen and oxygen atoms in total. The Labute approximate surface area is 109 Å². The van der Waals surface area contributed by atoms with E-state index in [1.165, 1.54) is 29.9 Å². The number of carbonyl (C=O) groups excluding carboxylic acids is 1. The molecule has 1 aliphatic rings. The van der Waals surface area contributed by atoms with Crippen molar-refractivity contribution in [2.45, 2.75) is 19.3 Å². The number of likely N-dealkylation sites (tertiary alicyclic amines) is 1. The lowest BCUT2D eigenvalue weighted by molar-refractivity contribution is 0.0729. The lowest BCUT2D eigenvalue weighted by Crippen LogP contribution is -2.35. The van der Waals surface area contributed by atoms with Gasteiger partial charge in [0.25, 0.3) is 5.91 Å². The van der Waals surface area contributed by atoms with Gasteiger partial charge in [-0.1, -0.05) is 0 Å². The van der Waals surface area contributed by atoms with Crippen LogP contribution >= 0.6 is 11.3 Å². The number of nitrogens with zero attached hydrogens (tertiary/aromatic N) is 1. The summed E-state index contributed by atoms with van der Waals surface area (Å²) in [7, 11) is 0. The van der Waals surface area contributed by atoms with Crippen LogP contribution in [0.5, 0.6) is 0 Å². The molecular weight excluding hydrogens is 249 g/mol. The van der Waals surface area contributed by atoms with E-state index in [2.05, 4.69) is 0 Å². The van der Waals surface area contributed by atoms with Crippen LogP contribution in [0.4, 0.5) is 4.39 Å². The molecule has 3 rings (SSSR count). The molecule has 1 amide bonds. The molecular formula is C14H14FNOS. The van der Waals surface area contributed by atoms with Gasteiger partial charge in [0.05, 0.1) is 4.88 Å². The molecule has 0 saturated carbocycles. The van der Waals surface area contributed by atoms with Crippen molar-refractivity contribution >= 4 is 27.3 Å². The highest BCUT2D eigenvalue weighted by Crippen LogP contribution is 2.27. The van der Waals surface area contributed by atoms with E-state index in [9.17, 15) is 9.18 Å². The van der Waals surface area contributed by atoms with Crippen LogP contribution in [0.15, 0.2) is 24.3 Å². The second-order valence-corrected chi connectivity index (χ2v) is 5.73. The van der Waals surface area contributed by atoms with E-state index in [4.69, 9.17) is 0 Å². The van der Waals surface area contributed by atoms with Gasteiger partial charge in [0.1, 0.15) is 5.82 Å². The summed E-state index contributed by atoms with van der Waals surface area (Å²) in [4.78, 5) is 14.9. The minimum absolute atomic E-state index is 0.0938. The van der Waals surface area contributed by atoms with Gasteiger partial charge in [0.2, 0.25) is 0 Å². The van der Waals surface area contributed by atoms with E-state index in [0.717, 1.165) is 40.9 Å². The Morgan fingerprint density at radius 1 is 1.17 bits per heavy atom. The van der Waals surface area contributed by atoms with Crippen LogP contribution in [0.2, 0.25) is 0 Å². The molecule has 0 aliphatic carbocycles. The molecule has 1 aromatic heterocycles. The highest BCUT2D eigenvalue weighted by Gasteiger charge is 2.20. The van der Waals surface area contributed by atoms with Crippen molar-refractivity contribution in [2.75, 3.05) is 13.1 Å². The Hall–Kier alpha value is -1.42. The number of rotatable bonds is 1. The van der Waals surface area contributed by atoms with Gasteiger partial charge in [-0.3, -0.25) is 4.79 Å². The quantitative estimate of drug-likeness (QED) is 0.768. The second-order valence-electron chi connectivity index (χ2n) is 4.65. The van der Waals surface area contributed by atoms with E-state index in [1.807, 2.05) is 4.90 Å². The molecule has 1 aromatic carbocycles. The molecule has 4 heteroatoms. The monoisotopic (exact) mass is 263 g/mol. The average Bonchev–Trinajstić information content (AvgIpc) is 2.81. The van der Waals surface area contributed by atoms with Gasteiger partial charge in [0.15, 0.2) is 0 Å². The normalized spacial score (nSPS) is 16.2. The summed E-state index contributed by atoms with van der Waals surface area (Å²) in [6, 6.07) is 6.47. The molecule has 0 radical (unpaired) electrons. The van der Waals surface area contributed by atoms with Crippen LogP contribution in [0.25, 0.3) is 10.1 Å². The maximum atomic E-state index is 13.1. The second kappa shape index (κ2) is 4.69. The fourth-order valence-corrected chi connectivity index (χ4v) is 3.38. The number of halogens is 1. The molecule has 0 atom stereocenters. The molecule has 2 heterocycles. The van der Waals surface area contributed by atoms with E-state index in [-0.39, 0.29) is 11.7 Å². The first kappa shape index (κ1) is 11.7. The molecule has 0 spiro atoms. The maximum Gasteiger partial charge on any atom is 0.263 e. The predicted molar refractivity (Wildman–Crippen MR) is 71.5 cm³/mol. The Morgan fingerprint density at radius 3 is 2.72 bits per heavy atom. The van der Waals surface area contributed by atoms with Gasteiger partial charge >= 0.3 is 0 Å². The molecule has 0 unspecified atom stereocenters. The molecule has 94 valence electrons. The number of thiophene rings is 1. The predicted octanol–water partition coefficient (Wildman–Crippen LogP) is 3.67. The first-order chi connectivity index (χ1) is 8.74. The first-order valence-electron chi connectivity index (χ1n) is 6.22. The molecule has 1 saturated heterocycles. The fraction of sp³-hybridized carbons (Fsp3) is 0.357. The van der Waals surface area contributed by atoms with Crippen LogP contribution in [0.1, 0.15) is 28.9 Å². The molecule has 2 aromatic rings. The fourth-order valence-electron chi connectivity index (χ4n) is 2.37. The third kappa shape index (κ3) is 2.12. The van der Waals surface area contributed by atoms with Gasteiger partial charge in [-0.05, 0) is 48.9 Å². The Bertz CT molecular complexity index is 586. The third-order valence-corrected chi connectivity index (χ3v) is 4.44. The number of amides is 1. The summed E-state index contributed by atoms with van der Waals surface area (Å²) in [5.74, 6) is -0.159. The summed E-state index contributed by atoms with van der Waals surface area (Å²) in [5, 5.41) is 0.820. The van der Waals surface area contributed by atoms with Crippen LogP contribution in [0, 0.1) is 5.82 Å². The number of hydrogen-bond acceptors (Lipinski definition) is 2. The molecule has 1 aliphatic heterocycles. The Morgan fingerprint density at radius 2 is 1.94 bits per heavy atom. The third-order valence-electron chi connectivity index (χ3n) is 3.33. The smallest absolute Gasteiger partial charge is 0.263 e. The van der Waals surface area contributed by atoms with Crippen LogP contribution in [-0.2, 0) is 0 Å². The number of hydrogen-bond donors (Lipinski definition) is 0. The van der Waals surface area contributed by atoms with Gasteiger partial charge in [-0.2, -0.15) is 0 Å². The Kier molecular flexibility index (Phi) is 3.04. The van der Waals surface area contributed by atoms with E-state index in [1.54, 1.807) is 12.1 Å². The van der Waals surface area contributed by atoms with E-state index < -0.39 is 0 Å². The van der Waals surface area contributed by atoms with Gasteiger partial charge < -0.3 is 4.90 Å². The Balaban J connectivity index is 1.91. The molecule has 0 bridgehead atoms. The number of fused-ring (bicyclic) bond motifs is 1. The minimum atomic E-state index is -0.253.